The highest BCUT2D eigenvalue weighted by molar-refractivity contribution is 5.24. The normalized spacial score (nSPS) is 25.6. The van der Waals surface area contributed by atoms with Gasteiger partial charge in [-0.15, -0.1) is 0 Å². The highest BCUT2D eigenvalue weighted by Gasteiger charge is 2.33. The van der Waals surface area contributed by atoms with Crippen molar-refractivity contribution in [3.63, 3.8) is 0 Å². The van der Waals surface area contributed by atoms with Gasteiger partial charge in [0.25, 0.3) is 0 Å². The summed E-state index contributed by atoms with van der Waals surface area (Å²) in [4.78, 5) is 0. The monoisotopic (exact) mass is 162 g/mol. The van der Waals surface area contributed by atoms with E-state index in [4.69, 9.17) is 0 Å². The minimum atomic E-state index is 0.876. The molecule has 0 nitrogen and oxygen atoms in total. The Labute approximate surface area is 75.6 Å². The second-order valence-electron chi connectivity index (χ2n) is 3.23. The molecule has 2 atom stereocenters. The van der Waals surface area contributed by atoms with Crippen LogP contribution in [0, 0.1) is 5.92 Å². The average molecular weight is 162 g/mol. The second-order valence-corrected chi connectivity index (χ2v) is 3.23. The molecule has 0 heterocycles. The molecule has 12 heavy (non-hydrogen) atoms. The molecule has 0 N–H and O–H groups in total. The summed E-state index contributed by atoms with van der Waals surface area (Å²) in [7, 11) is 0. The standard InChI is InChI=1S/C10H12.C2H6/c1-8-7-10(8)9-5-3-2-4-6-9;1-2/h2-6,8,10H,7H2,1H3;1-2H3. The molecule has 0 aliphatic heterocycles. The zero-order chi connectivity index (χ0) is 8.97. The fourth-order valence-electron chi connectivity index (χ4n) is 1.49. The number of benzene rings is 1. The summed E-state index contributed by atoms with van der Waals surface area (Å²) in [6, 6.07) is 10.8. The van der Waals surface area contributed by atoms with Crippen LogP contribution in [0.1, 0.15) is 38.7 Å². The van der Waals surface area contributed by atoms with Crippen LogP contribution in [0.5, 0.6) is 0 Å². The van der Waals surface area contributed by atoms with Crippen LogP contribution in [0.4, 0.5) is 0 Å². The topological polar surface area (TPSA) is 0 Å². The molecule has 2 rings (SSSR count). The number of rotatable bonds is 1. The first-order valence-electron chi connectivity index (χ1n) is 4.93. The minimum absolute atomic E-state index is 0.876. The minimum Gasteiger partial charge on any atom is -0.0683 e. The van der Waals surface area contributed by atoms with Crippen LogP contribution < -0.4 is 0 Å². The molecule has 1 aromatic rings. The van der Waals surface area contributed by atoms with E-state index in [1.807, 2.05) is 13.8 Å². The van der Waals surface area contributed by atoms with Crippen LogP contribution in [0.15, 0.2) is 30.3 Å². The van der Waals surface area contributed by atoms with Gasteiger partial charge in [0.15, 0.2) is 0 Å². The van der Waals surface area contributed by atoms with Gasteiger partial charge in [-0.05, 0) is 23.8 Å². The van der Waals surface area contributed by atoms with Crippen molar-refractivity contribution in [3.05, 3.63) is 35.9 Å². The average Bonchev–Trinajstić information content (AvgIpc) is 2.88. The lowest BCUT2D eigenvalue weighted by Gasteiger charge is -1.94. The van der Waals surface area contributed by atoms with Crippen molar-refractivity contribution in [1.29, 1.82) is 0 Å². The molecule has 66 valence electrons. The molecule has 0 heteroatoms. The summed E-state index contributed by atoms with van der Waals surface area (Å²) >= 11 is 0. The molecule has 1 fully saturated rings. The van der Waals surface area contributed by atoms with Gasteiger partial charge in [-0.1, -0.05) is 51.1 Å². The van der Waals surface area contributed by atoms with E-state index in [9.17, 15) is 0 Å². The third-order valence-electron chi connectivity index (χ3n) is 2.34. The smallest absolute Gasteiger partial charge is 0.0133 e. The Kier molecular flexibility index (Phi) is 3.33. The molecule has 0 amide bonds. The summed E-state index contributed by atoms with van der Waals surface area (Å²) < 4.78 is 0. The van der Waals surface area contributed by atoms with Gasteiger partial charge >= 0.3 is 0 Å². The molecule has 2 unspecified atom stereocenters. The van der Waals surface area contributed by atoms with E-state index in [1.165, 1.54) is 12.0 Å². The zero-order valence-electron chi connectivity index (χ0n) is 8.25. The van der Waals surface area contributed by atoms with Crippen LogP contribution >= 0.6 is 0 Å². The largest absolute Gasteiger partial charge is 0.0683 e. The van der Waals surface area contributed by atoms with Crippen molar-refractivity contribution in [1.82, 2.24) is 0 Å². The van der Waals surface area contributed by atoms with E-state index in [1.54, 1.807) is 0 Å². The van der Waals surface area contributed by atoms with Crippen molar-refractivity contribution >= 4 is 0 Å². The maximum Gasteiger partial charge on any atom is -0.0133 e. The third-order valence-corrected chi connectivity index (χ3v) is 2.34. The van der Waals surface area contributed by atoms with E-state index in [2.05, 4.69) is 37.3 Å². The molecule has 0 aromatic heterocycles. The molecular formula is C12H18. The van der Waals surface area contributed by atoms with Crippen LogP contribution in [0.3, 0.4) is 0 Å². The first-order chi connectivity index (χ1) is 5.88. The molecule has 0 saturated heterocycles. The van der Waals surface area contributed by atoms with Gasteiger partial charge in [0.05, 0.1) is 0 Å². The fourth-order valence-corrected chi connectivity index (χ4v) is 1.49. The lowest BCUT2D eigenvalue weighted by atomic mass is 10.1. The summed E-state index contributed by atoms with van der Waals surface area (Å²) in [6.45, 7) is 6.32. The Morgan fingerprint density at radius 2 is 1.58 bits per heavy atom. The Morgan fingerprint density at radius 1 is 1.08 bits per heavy atom. The molecule has 1 aliphatic carbocycles. The van der Waals surface area contributed by atoms with Gasteiger partial charge in [0.1, 0.15) is 0 Å². The Bertz CT molecular complexity index is 213. The molecule has 0 bridgehead atoms. The predicted molar refractivity (Wildman–Crippen MR) is 54.3 cm³/mol. The van der Waals surface area contributed by atoms with E-state index in [0.717, 1.165) is 11.8 Å². The lowest BCUT2D eigenvalue weighted by molar-refractivity contribution is 0.915. The first-order valence-corrected chi connectivity index (χ1v) is 4.93. The van der Waals surface area contributed by atoms with Crippen molar-refractivity contribution in [2.75, 3.05) is 0 Å². The summed E-state index contributed by atoms with van der Waals surface area (Å²) in [5.74, 6) is 1.81. The molecule has 1 saturated carbocycles. The van der Waals surface area contributed by atoms with Gasteiger partial charge in [-0.25, -0.2) is 0 Å². The van der Waals surface area contributed by atoms with Crippen molar-refractivity contribution in [3.8, 4) is 0 Å². The maximum atomic E-state index is 2.32. The van der Waals surface area contributed by atoms with Crippen LogP contribution in [-0.4, -0.2) is 0 Å². The van der Waals surface area contributed by atoms with Crippen LogP contribution in [-0.2, 0) is 0 Å². The van der Waals surface area contributed by atoms with Crippen molar-refractivity contribution in [2.24, 2.45) is 5.92 Å². The predicted octanol–water partition coefficient (Wildman–Crippen LogP) is 3.84. The number of hydrogen-bond donors (Lipinski definition) is 0. The van der Waals surface area contributed by atoms with Crippen molar-refractivity contribution < 1.29 is 0 Å². The SMILES string of the molecule is CC.CC1CC1c1ccccc1. The van der Waals surface area contributed by atoms with E-state index < -0.39 is 0 Å². The summed E-state index contributed by atoms with van der Waals surface area (Å²) in [5.41, 5.74) is 1.52. The molecule has 0 spiro atoms. The zero-order valence-corrected chi connectivity index (χ0v) is 8.25. The third kappa shape index (κ3) is 2.10. The van der Waals surface area contributed by atoms with Gasteiger partial charge in [0.2, 0.25) is 0 Å². The Balaban J connectivity index is 0.000000336. The highest BCUT2D eigenvalue weighted by atomic mass is 14.4. The highest BCUT2D eigenvalue weighted by Crippen LogP contribution is 2.46. The Hall–Kier alpha value is -0.780. The van der Waals surface area contributed by atoms with Crippen molar-refractivity contribution in [2.45, 2.75) is 33.1 Å². The number of hydrogen-bond acceptors (Lipinski definition) is 0. The maximum absolute atomic E-state index is 2.32. The molecule has 1 aromatic carbocycles. The molecule has 1 aliphatic rings. The second kappa shape index (κ2) is 4.30. The van der Waals surface area contributed by atoms with Crippen LogP contribution in [0.2, 0.25) is 0 Å². The lowest BCUT2D eigenvalue weighted by Crippen LogP contribution is -1.77. The van der Waals surface area contributed by atoms with Gasteiger partial charge in [0, 0.05) is 0 Å². The van der Waals surface area contributed by atoms with E-state index in [-0.39, 0.29) is 0 Å². The van der Waals surface area contributed by atoms with Gasteiger partial charge in [-0.3, -0.25) is 0 Å². The quantitative estimate of drug-likeness (QED) is 0.588. The summed E-state index contributed by atoms with van der Waals surface area (Å²) in [5, 5.41) is 0. The fraction of sp³-hybridized carbons (Fsp3) is 0.500. The first kappa shape index (κ1) is 9.31. The van der Waals surface area contributed by atoms with Gasteiger partial charge < -0.3 is 0 Å². The van der Waals surface area contributed by atoms with E-state index in [0.29, 0.717) is 0 Å². The molecular weight excluding hydrogens is 144 g/mol. The van der Waals surface area contributed by atoms with Gasteiger partial charge in [-0.2, -0.15) is 0 Å². The summed E-state index contributed by atoms with van der Waals surface area (Å²) in [6.07, 6.45) is 1.39. The Morgan fingerprint density at radius 3 is 2.00 bits per heavy atom. The van der Waals surface area contributed by atoms with Crippen LogP contribution in [0.25, 0.3) is 0 Å². The van der Waals surface area contributed by atoms with E-state index >= 15 is 0 Å². The molecule has 0 radical (unpaired) electrons.